The van der Waals surface area contributed by atoms with E-state index >= 15 is 0 Å². The molecule has 1 fully saturated rings. The van der Waals surface area contributed by atoms with Crippen molar-refractivity contribution >= 4 is 69.1 Å². The number of fused-ring (bicyclic) bond motifs is 1. The summed E-state index contributed by atoms with van der Waals surface area (Å²) in [6, 6.07) is 0. The molecule has 61 heavy (non-hydrogen) atoms. The van der Waals surface area contributed by atoms with Crippen LogP contribution in [-0.4, -0.2) is 123 Å². The SMILES string of the molecule is CCCCCCCCCCC[14C](=O)SCCNC(=O)CCNC(=O)[C@H](O)C(C)(C)COP(=O)(O)OP(=O)(O)OC[C@H]1O[C@@H](n2cnc3c(N)ncnc32)[C@H](O)[C@@H]1OP(=O)(O)O. The Morgan fingerprint density at radius 1 is 0.984 bits per heavy atom. The third-order valence-electron chi connectivity index (χ3n) is 9.25. The minimum atomic E-state index is -5.57. The Morgan fingerprint density at radius 2 is 1.62 bits per heavy atom. The van der Waals surface area contributed by atoms with Crippen molar-refractivity contribution in [3.05, 3.63) is 12.7 Å². The van der Waals surface area contributed by atoms with Crippen LogP contribution in [0.1, 0.15) is 97.6 Å². The first-order valence-electron chi connectivity index (χ1n) is 19.6. The van der Waals surface area contributed by atoms with E-state index in [9.17, 15) is 57.9 Å². The van der Waals surface area contributed by atoms with Gasteiger partial charge in [0.2, 0.25) is 11.8 Å². The molecule has 2 unspecified atom stereocenters. The van der Waals surface area contributed by atoms with Crippen molar-refractivity contribution in [3.63, 3.8) is 0 Å². The summed E-state index contributed by atoms with van der Waals surface area (Å²) in [5.74, 6) is -1.02. The molecule has 2 aromatic heterocycles. The number of ether oxygens (including phenoxy) is 1. The third-order valence-corrected chi connectivity index (χ3v) is 13.3. The molecule has 28 heteroatoms. The Hall–Kier alpha value is -2.44. The molecule has 1 aliphatic heterocycles. The van der Waals surface area contributed by atoms with Gasteiger partial charge in [0.1, 0.15) is 36.3 Å². The van der Waals surface area contributed by atoms with Gasteiger partial charge in [-0.15, -0.1) is 0 Å². The molecule has 0 saturated carbocycles. The minimum absolute atomic E-state index is 0.0332. The van der Waals surface area contributed by atoms with Gasteiger partial charge in [0.05, 0.1) is 19.5 Å². The van der Waals surface area contributed by atoms with E-state index in [4.69, 9.17) is 19.5 Å². The Bertz CT molecular complexity index is 1890. The number of rotatable bonds is 29. The number of nitrogens with zero attached hydrogens (tertiary/aromatic N) is 4. The molecule has 0 spiro atoms. The number of aliphatic hydroxyl groups is 2. The zero-order chi connectivity index (χ0) is 45.4. The van der Waals surface area contributed by atoms with E-state index in [-0.39, 0.29) is 41.6 Å². The molecule has 10 N–H and O–H groups in total. The van der Waals surface area contributed by atoms with Gasteiger partial charge in [0.15, 0.2) is 22.8 Å². The number of nitrogens with two attached hydrogens (primary N) is 1. The van der Waals surface area contributed by atoms with Gasteiger partial charge in [-0.2, -0.15) is 4.31 Å². The topological polar surface area (TPSA) is 364 Å². The number of aromatic nitrogens is 4. The Kier molecular flexibility index (Phi) is 21.3. The van der Waals surface area contributed by atoms with Gasteiger partial charge < -0.3 is 50.9 Å². The Labute approximate surface area is 356 Å². The molecule has 2 amide bonds. The molecule has 7 atom stereocenters. The number of carbonyl (C=O) groups is 3. The summed E-state index contributed by atoms with van der Waals surface area (Å²) in [7, 11) is -16.4. The summed E-state index contributed by atoms with van der Waals surface area (Å²) < 4.78 is 62.3. The number of thioether (sulfide) groups is 1. The van der Waals surface area contributed by atoms with Crippen molar-refractivity contribution in [3.8, 4) is 0 Å². The largest absolute Gasteiger partial charge is 0.481 e. The van der Waals surface area contributed by atoms with Gasteiger partial charge >= 0.3 is 23.5 Å². The van der Waals surface area contributed by atoms with E-state index < -0.39 is 84.6 Å². The lowest BCUT2D eigenvalue weighted by molar-refractivity contribution is -0.137. The summed E-state index contributed by atoms with van der Waals surface area (Å²) in [5.41, 5.74) is 4.28. The van der Waals surface area contributed by atoms with E-state index in [0.29, 0.717) is 12.2 Å². The van der Waals surface area contributed by atoms with Crippen LogP contribution in [0, 0.1) is 5.41 Å². The highest BCUT2D eigenvalue weighted by Gasteiger charge is 2.50. The number of nitrogen functional groups attached to an aromatic ring is 1. The van der Waals surface area contributed by atoms with E-state index in [0.717, 1.165) is 48.2 Å². The van der Waals surface area contributed by atoms with Gasteiger partial charge in [-0.1, -0.05) is 83.9 Å². The van der Waals surface area contributed by atoms with Crippen LogP contribution in [0.5, 0.6) is 0 Å². The van der Waals surface area contributed by atoms with Gasteiger partial charge in [-0.05, 0) is 6.42 Å². The van der Waals surface area contributed by atoms with Crippen LogP contribution in [0.15, 0.2) is 12.7 Å². The second kappa shape index (κ2) is 24.6. The van der Waals surface area contributed by atoms with Crippen LogP contribution in [0.3, 0.4) is 0 Å². The summed E-state index contributed by atoms with van der Waals surface area (Å²) in [6.07, 6.45) is 4.02. The average molecular weight is 952 g/mol. The number of anilines is 1. The number of unbranched alkanes of at least 4 members (excludes halogenated alkanes) is 8. The van der Waals surface area contributed by atoms with Gasteiger partial charge in [-0.3, -0.25) is 32.5 Å². The van der Waals surface area contributed by atoms with E-state index in [1.165, 1.54) is 52.4 Å². The van der Waals surface area contributed by atoms with Gasteiger partial charge in [0.25, 0.3) is 0 Å². The number of aliphatic hydroxyl groups excluding tert-OH is 2. The fourth-order valence-corrected chi connectivity index (χ4v) is 9.50. The molecule has 24 nitrogen and oxygen atoms in total. The van der Waals surface area contributed by atoms with Crippen LogP contribution in [0.25, 0.3) is 11.2 Å². The minimum Gasteiger partial charge on any atom is -0.386 e. The van der Waals surface area contributed by atoms with Crippen LogP contribution >= 0.6 is 35.2 Å². The highest BCUT2D eigenvalue weighted by atomic mass is 32.2. The Balaban J connectivity index is 1.38. The lowest BCUT2D eigenvalue weighted by Crippen LogP contribution is -2.46. The number of hydrogen-bond acceptors (Lipinski definition) is 18. The molecule has 3 heterocycles. The number of phosphoric ester groups is 3. The molecule has 1 saturated heterocycles. The third kappa shape index (κ3) is 18.3. The van der Waals surface area contributed by atoms with Crippen molar-refractivity contribution in [2.45, 2.75) is 122 Å². The summed E-state index contributed by atoms with van der Waals surface area (Å²) >= 11 is 1.15. The lowest BCUT2D eigenvalue weighted by atomic mass is 9.87. The molecule has 1 aliphatic rings. The molecule has 3 rings (SSSR count). The maximum atomic E-state index is 12.7. The van der Waals surface area contributed by atoms with E-state index in [2.05, 4.69) is 41.3 Å². The second-order valence-corrected chi connectivity index (χ2v) is 20.3. The number of hydrogen-bond donors (Lipinski definition) is 9. The molecule has 0 radical (unpaired) electrons. The van der Waals surface area contributed by atoms with Gasteiger partial charge in [0, 0.05) is 37.1 Å². The number of carbonyl (C=O) groups excluding carboxylic acids is 3. The molecule has 0 aliphatic carbocycles. The van der Waals surface area contributed by atoms with Crippen LogP contribution in [0.2, 0.25) is 0 Å². The van der Waals surface area contributed by atoms with Crippen LogP contribution in [0.4, 0.5) is 5.82 Å². The standard InChI is InChI=1S/C33H58N7O17P3S/c1-4-5-6-7-8-9-10-11-12-13-24(42)61-17-16-35-23(41)14-15-36-31(45)28(44)33(2,3)19-54-60(51,52)57-59(49,50)53-18-22-27(56-58(46,47)48)26(43)32(55-22)40-21-39-25-29(34)37-20-38-30(25)40/h20-22,26-28,32,43-44H,4-19H2,1-3H3,(H,35,41)(H,36,45)(H,49,50)(H,51,52)(H2,34,37,38)(H2,46,47,48)/t22-,26-,27-,28+,32-/m1/s1/i24+2. The Morgan fingerprint density at radius 3 is 2.28 bits per heavy atom. The first-order chi connectivity index (χ1) is 28.6. The number of amides is 2. The summed E-state index contributed by atoms with van der Waals surface area (Å²) in [5, 5.41) is 26.6. The number of phosphoric acid groups is 3. The van der Waals surface area contributed by atoms with Crippen LogP contribution < -0.4 is 16.4 Å². The second-order valence-electron chi connectivity index (χ2n) is 14.9. The zero-order valence-corrected chi connectivity index (χ0v) is 37.6. The quantitative estimate of drug-likeness (QED) is 0.0418. The maximum Gasteiger partial charge on any atom is 0.481 e. The molecule has 0 bridgehead atoms. The summed E-state index contributed by atoms with van der Waals surface area (Å²) in [6.45, 7) is 2.76. The predicted molar refractivity (Wildman–Crippen MR) is 219 cm³/mol. The van der Waals surface area contributed by atoms with Crippen molar-refractivity contribution in [2.75, 3.05) is 37.8 Å². The van der Waals surface area contributed by atoms with Gasteiger partial charge in [-0.25, -0.2) is 28.6 Å². The van der Waals surface area contributed by atoms with Crippen molar-refractivity contribution in [2.24, 2.45) is 5.41 Å². The predicted octanol–water partition coefficient (Wildman–Crippen LogP) is 2.59. The first kappa shape index (κ1) is 52.9. The van der Waals surface area contributed by atoms with E-state index in [1.807, 2.05) is 0 Å². The zero-order valence-electron chi connectivity index (χ0n) is 34.1. The number of nitrogens with one attached hydrogen (secondary N) is 2. The molecule has 2 aromatic rings. The lowest BCUT2D eigenvalue weighted by Gasteiger charge is -2.30. The average Bonchev–Trinajstić information content (AvgIpc) is 3.73. The van der Waals surface area contributed by atoms with Crippen molar-refractivity contribution in [1.29, 1.82) is 0 Å². The summed E-state index contributed by atoms with van der Waals surface area (Å²) in [4.78, 5) is 88.0. The van der Waals surface area contributed by atoms with Crippen LogP contribution in [-0.2, 0) is 50.7 Å². The monoisotopic (exact) mass is 951 g/mol. The van der Waals surface area contributed by atoms with Crippen molar-refractivity contribution < 1.29 is 80.5 Å². The highest BCUT2D eigenvalue weighted by molar-refractivity contribution is 8.13. The smallest absolute Gasteiger partial charge is 0.386 e. The fourth-order valence-electron chi connectivity index (χ4n) is 5.95. The molecule has 348 valence electrons. The molecular weight excluding hydrogens is 893 g/mol. The first-order valence-corrected chi connectivity index (χ1v) is 25.1. The maximum absolute atomic E-state index is 12.7. The number of imidazole rings is 1. The van der Waals surface area contributed by atoms with E-state index in [1.54, 1.807) is 0 Å². The molecular formula is C33H58N7O17P3S. The fraction of sp³-hybridized carbons (Fsp3) is 0.758. The van der Waals surface area contributed by atoms with Crippen molar-refractivity contribution in [1.82, 2.24) is 30.2 Å². The highest BCUT2D eigenvalue weighted by Crippen LogP contribution is 2.61. The normalized spacial score (nSPS) is 20.9. The molecule has 0 aromatic carbocycles.